The number of fused-ring (bicyclic) bond motifs is 1. The lowest BCUT2D eigenvalue weighted by Gasteiger charge is -2.15. The first-order valence-electron chi connectivity index (χ1n) is 8.18. The fourth-order valence-corrected chi connectivity index (χ4v) is 2.68. The first-order chi connectivity index (χ1) is 12.5. The number of hydrogen-bond donors (Lipinski definition) is 1. The van der Waals surface area contributed by atoms with Gasteiger partial charge >= 0.3 is 0 Å². The average Bonchev–Trinajstić information content (AvgIpc) is 2.66. The van der Waals surface area contributed by atoms with Crippen molar-refractivity contribution in [1.82, 2.24) is 5.32 Å². The lowest BCUT2D eigenvalue weighted by atomic mass is 10.0. The molecule has 0 bridgehead atoms. The molecule has 3 aromatic carbocycles. The van der Waals surface area contributed by atoms with Crippen LogP contribution >= 0.6 is 0 Å². The Balaban J connectivity index is 1.60. The number of carbonyl (C=O) groups excluding carboxylic acids is 1. The molecule has 1 amide bonds. The maximum atomic E-state index is 12.1. The zero-order valence-corrected chi connectivity index (χ0v) is 14.2. The monoisotopic (exact) mass is 350 g/mol. The third-order valence-electron chi connectivity index (χ3n) is 4.05. The van der Waals surface area contributed by atoms with E-state index in [2.05, 4.69) is 5.32 Å². The summed E-state index contributed by atoms with van der Waals surface area (Å²) in [5.74, 6) is -0.00938. The third-order valence-corrected chi connectivity index (χ3v) is 4.05. The lowest BCUT2D eigenvalue weighted by Crippen LogP contribution is -2.31. The highest BCUT2D eigenvalue weighted by Gasteiger charge is 2.12. The third kappa shape index (κ3) is 4.16. The Morgan fingerprint density at radius 3 is 2.62 bits per heavy atom. The van der Waals surface area contributed by atoms with E-state index in [0.29, 0.717) is 0 Å². The second-order valence-electron chi connectivity index (χ2n) is 5.94. The van der Waals surface area contributed by atoms with Crippen molar-refractivity contribution in [1.29, 1.82) is 0 Å². The van der Waals surface area contributed by atoms with Crippen molar-refractivity contribution in [2.45, 2.75) is 13.0 Å². The van der Waals surface area contributed by atoms with Gasteiger partial charge in [-0.15, -0.1) is 0 Å². The van der Waals surface area contributed by atoms with Crippen molar-refractivity contribution in [2.24, 2.45) is 0 Å². The van der Waals surface area contributed by atoms with E-state index < -0.39 is 4.92 Å². The summed E-state index contributed by atoms with van der Waals surface area (Å²) in [6, 6.07) is 19.6. The molecule has 0 spiro atoms. The second-order valence-corrected chi connectivity index (χ2v) is 5.94. The van der Waals surface area contributed by atoms with Crippen LogP contribution in [0.5, 0.6) is 5.75 Å². The normalized spacial score (nSPS) is 11.7. The Morgan fingerprint density at radius 1 is 1.08 bits per heavy atom. The molecule has 132 valence electrons. The number of rotatable bonds is 6. The van der Waals surface area contributed by atoms with Crippen molar-refractivity contribution in [3.05, 3.63) is 82.4 Å². The molecule has 1 unspecified atom stereocenters. The summed E-state index contributed by atoms with van der Waals surface area (Å²) in [4.78, 5) is 22.4. The van der Waals surface area contributed by atoms with Gasteiger partial charge in [0.2, 0.25) is 0 Å². The number of carbonyl (C=O) groups is 1. The van der Waals surface area contributed by atoms with Crippen LogP contribution in [0.4, 0.5) is 5.69 Å². The van der Waals surface area contributed by atoms with Gasteiger partial charge in [-0.25, -0.2) is 0 Å². The van der Waals surface area contributed by atoms with Crippen LogP contribution in [0.25, 0.3) is 10.8 Å². The highest BCUT2D eigenvalue weighted by atomic mass is 16.6. The van der Waals surface area contributed by atoms with Gasteiger partial charge < -0.3 is 10.1 Å². The second kappa shape index (κ2) is 7.65. The van der Waals surface area contributed by atoms with Crippen LogP contribution in [0.3, 0.4) is 0 Å². The topological polar surface area (TPSA) is 81.5 Å². The largest absolute Gasteiger partial charge is 0.484 e. The molecule has 0 fully saturated rings. The smallest absolute Gasteiger partial charge is 0.273 e. The van der Waals surface area contributed by atoms with E-state index in [0.717, 1.165) is 16.3 Å². The molecule has 6 nitrogen and oxygen atoms in total. The minimum atomic E-state index is -0.505. The van der Waals surface area contributed by atoms with Gasteiger partial charge in [-0.05, 0) is 35.4 Å². The average molecular weight is 350 g/mol. The van der Waals surface area contributed by atoms with E-state index in [1.807, 2.05) is 49.4 Å². The summed E-state index contributed by atoms with van der Waals surface area (Å²) < 4.78 is 5.35. The molecule has 1 N–H and O–H groups in total. The van der Waals surface area contributed by atoms with Crippen LogP contribution in [-0.4, -0.2) is 17.4 Å². The zero-order valence-electron chi connectivity index (χ0n) is 14.2. The van der Waals surface area contributed by atoms with Crippen LogP contribution in [0.2, 0.25) is 0 Å². The summed E-state index contributed by atoms with van der Waals surface area (Å²) in [6.07, 6.45) is 0. The molecule has 0 aliphatic rings. The highest BCUT2D eigenvalue weighted by Crippen LogP contribution is 2.21. The summed E-state index contributed by atoms with van der Waals surface area (Å²) in [5.41, 5.74) is 0.917. The van der Waals surface area contributed by atoms with Gasteiger partial charge in [-0.2, -0.15) is 0 Å². The lowest BCUT2D eigenvalue weighted by molar-refractivity contribution is -0.384. The van der Waals surface area contributed by atoms with Crippen molar-refractivity contribution in [3.8, 4) is 5.75 Å². The Morgan fingerprint density at radius 2 is 1.85 bits per heavy atom. The van der Waals surface area contributed by atoms with Crippen LogP contribution in [0.1, 0.15) is 18.5 Å². The molecule has 3 aromatic rings. The van der Waals surface area contributed by atoms with E-state index >= 15 is 0 Å². The summed E-state index contributed by atoms with van der Waals surface area (Å²) >= 11 is 0. The van der Waals surface area contributed by atoms with E-state index in [1.165, 1.54) is 18.2 Å². The SMILES string of the molecule is CC(NC(=O)COc1cccc([N+](=O)[O-])c1)c1ccc2ccccc2c1. The molecule has 6 heteroatoms. The molecule has 0 aromatic heterocycles. The number of nitrogens with one attached hydrogen (secondary N) is 1. The van der Waals surface area contributed by atoms with Gasteiger partial charge in [-0.3, -0.25) is 14.9 Å². The summed E-state index contributed by atoms with van der Waals surface area (Å²) in [6.45, 7) is 1.69. The zero-order chi connectivity index (χ0) is 18.5. The number of hydrogen-bond acceptors (Lipinski definition) is 4. The number of amides is 1. The molecule has 1 atom stereocenters. The van der Waals surface area contributed by atoms with Gasteiger partial charge in [0.1, 0.15) is 5.75 Å². The number of non-ortho nitro benzene ring substituents is 1. The Labute approximate surface area is 150 Å². The molecule has 0 heterocycles. The summed E-state index contributed by atoms with van der Waals surface area (Å²) in [5, 5.41) is 15.9. The van der Waals surface area contributed by atoms with Crippen LogP contribution in [-0.2, 0) is 4.79 Å². The van der Waals surface area contributed by atoms with E-state index in [9.17, 15) is 14.9 Å². The maximum absolute atomic E-state index is 12.1. The van der Waals surface area contributed by atoms with Crippen LogP contribution in [0, 0.1) is 10.1 Å². The Kier molecular flexibility index (Phi) is 5.12. The van der Waals surface area contributed by atoms with Crippen molar-refractivity contribution < 1.29 is 14.5 Å². The van der Waals surface area contributed by atoms with Crippen LogP contribution in [0.15, 0.2) is 66.7 Å². The number of nitro benzene ring substituents is 1. The number of benzene rings is 3. The predicted octanol–water partition coefficient (Wildman–Crippen LogP) is 4.00. The van der Waals surface area contributed by atoms with Gasteiger partial charge in [0.05, 0.1) is 17.0 Å². The van der Waals surface area contributed by atoms with Gasteiger partial charge in [0.15, 0.2) is 6.61 Å². The van der Waals surface area contributed by atoms with Gasteiger partial charge in [-0.1, -0.05) is 42.5 Å². The number of ether oxygens (including phenoxy) is 1. The molecular formula is C20H18N2O4. The van der Waals surface area contributed by atoms with Crippen molar-refractivity contribution in [2.75, 3.05) is 6.61 Å². The Hall–Kier alpha value is -3.41. The predicted molar refractivity (Wildman–Crippen MR) is 99.1 cm³/mol. The number of nitro groups is 1. The van der Waals surface area contributed by atoms with Crippen LogP contribution < -0.4 is 10.1 Å². The minimum absolute atomic E-state index is 0.0764. The minimum Gasteiger partial charge on any atom is -0.484 e. The molecule has 0 aliphatic heterocycles. The standard InChI is InChI=1S/C20H18N2O4/c1-14(16-10-9-15-5-2-3-6-17(15)11-16)21-20(23)13-26-19-8-4-7-18(12-19)22(24)25/h2-12,14H,13H2,1H3,(H,21,23). The quantitative estimate of drug-likeness (QED) is 0.538. The molecule has 0 saturated heterocycles. The van der Waals surface area contributed by atoms with Crippen molar-refractivity contribution in [3.63, 3.8) is 0 Å². The van der Waals surface area contributed by atoms with E-state index in [-0.39, 0.29) is 30.0 Å². The molecule has 26 heavy (non-hydrogen) atoms. The van der Waals surface area contributed by atoms with Gasteiger partial charge in [0.25, 0.3) is 11.6 Å². The first-order valence-corrected chi connectivity index (χ1v) is 8.18. The molecule has 0 radical (unpaired) electrons. The molecule has 0 saturated carbocycles. The summed E-state index contributed by atoms with van der Waals surface area (Å²) in [7, 11) is 0. The highest BCUT2D eigenvalue weighted by molar-refractivity contribution is 5.83. The fourth-order valence-electron chi connectivity index (χ4n) is 2.68. The van der Waals surface area contributed by atoms with Crippen molar-refractivity contribution >= 4 is 22.4 Å². The van der Waals surface area contributed by atoms with E-state index in [4.69, 9.17) is 4.74 Å². The van der Waals surface area contributed by atoms with E-state index in [1.54, 1.807) is 6.07 Å². The Bertz CT molecular complexity index is 955. The van der Waals surface area contributed by atoms with Gasteiger partial charge in [0, 0.05) is 6.07 Å². The molecule has 3 rings (SSSR count). The number of nitrogens with zero attached hydrogens (tertiary/aromatic N) is 1. The maximum Gasteiger partial charge on any atom is 0.273 e. The molecule has 0 aliphatic carbocycles. The molecular weight excluding hydrogens is 332 g/mol. The first kappa shape index (κ1) is 17.4. The fraction of sp³-hybridized carbons (Fsp3) is 0.150.